The van der Waals surface area contributed by atoms with Crippen LogP contribution in [0.4, 0.5) is 13.2 Å². The largest absolute Gasteiger partial charge is 0.487 e. The lowest BCUT2D eigenvalue weighted by atomic mass is 9.94. The standard InChI is InChI=1S/C39H36F3N3O6/c1-26(46)48-18-17-34-38(49-23-28-13-7-3-8-14-28)37(45-21-33(43-44-45)30-19-31(40)36(42)32(41)20-30)39(50-24-29-15-9-4-10-16-29)35(51-34)25-47-22-27-11-5-2-6-12-27/h2-17,19-21,35,37-39H,18,22-25H2,1H3/t35-,37-,38+,39+/m1/s1. The smallest absolute Gasteiger partial charge is 0.302 e. The van der Waals surface area contributed by atoms with E-state index >= 15 is 0 Å². The molecule has 0 radical (unpaired) electrons. The number of nitrogens with zero attached hydrogens (tertiary/aromatic N) is 3. The van der Waals surface area contributed by atoms with Crippen molar-refractivity contribution in [2.75, 3.05) is 13.2 Å². The maximum Gasteiger partial charge on any atom is 0.302 e. The fraction of sp³-hybridized carbons (Fsp3) is 0.256. The molecular formula is C39H36F3N3O6. The molecule has 2 heterocycles. The van der Waals surface area contributed by atoms with Gasteiger partial charge in [0.05, 0.1) is 32.6 Å². The SMILES string of the molecule is CC(=O)OCC=C1O[C@H](COCc2ccccc2)[C@H](OCc2ccccc2)[C@H](n2cc(-c3cc(F)c(F)c(F)c3)nn2)[C@H]1OCc1ccccc1. The van der Waals surface area contributed by atoms with E-state index in [2.05, 4.69) is 10.3 Å². The number of ether oxygens (including phenoxy) is 5. The highest BCUT2D eigenvalue weighted by Gasteiger charge is 2.47. The summed E-state index contributed by atoms with van der Waals surface area (Å²) in [6, 6.07) is 29.6. The second-order valence-electron chi connectivity index (χ2n) is 11.9. The number of carbonyl (C=O) groups excluding carboxylic acids is 1. The van der Waals surface area contributed by atoms with Crippen LogP contribution in [0, 0.1) is 17.5 Å². The van der Waals surface area contributed by atoms with Gasteiger partial charge in [0, 0.05) is 12.5 Å². The van der Waals surface area contributed by atoms with E-state index in [1.165, 1.54) is 17.8 Å². The highest BCUT2D eigenvalue weighted by molar-refractivity contribution is 5.66. The van der Waals surface area contributed by atoms with Crippen LogP contribution in [0.15, 0.2) is 121 Å². The molecule has 0 unspecified atom stereocenters. The molecule has 51 heavy (non-hydrogen) atoms. The Morgan fingerprint density at radius 2 is 1.39 bits per heavy atom. The van der Waals surface area contributed by atoms with Gasteiger partial charge < -0.3 is 23.7 Å². The number of hydrogen-bond donors (Lipinski definition) is 0. The molecule has 0 spiro atoms. The van der Waals surface area contributed by atoms with Crippen LogP contribution in [-0.4, -0.2) is 52.5 Å². The third-order valence-corrected chi connectivity index (χ3v) is 8.20. The first-order chi connectivity index (χ1) is 24.9. The molecular weight excluding hydrogens is 663 g/mol. The molecule has 4 aromatic carbocycles. The average Bonchev–Trinajstić information content (AvgIpc) is 3.63. The summed E-state index contributed by atoms with van der Waals surface area (Å²) >= 11 is 0. The summed E-state index contributed by atoms with van der Waals surface area (Å²) in [5.41, 5.74) is 2.81. The van der Waals surface area contributed by atoms with Gasteiger partial charge in [0.2, 0.25) is 0 Å². The zero-order valence-corrected chi connectivity index (χ0v) is 27.7. The van der Waals surface area contributed by atoms with Crippen molar-refractivity contribution in [3.05, 3.63) is 155 Å². The number of esters is 1. The monoisotopic (exact) mass is 699 g/mol. The molecule has 0 amide bonds. The highest BCUT2D eigenvalue weighted by atomic mass is 19.2. The quantitative estimate of drug-likeness (QED) is 0.0893. The first-order valence-electron chi connectivity index (χ1n) is 16.3. The summed E-state index contributed by atoms with van der Waals surface area (Å²) in [5, 5.41) is 8.57. The zero-order chi connectivity index (χ0) is 35.6. The molecule has 0 aliphatic carbocycles. The van der Waals surface area contributed by atoms with Crippen LogP contribution in [-0.2, 0) is 48.3 Å². The van der Waals surface area contributed by atoms with E-state index in [4.69, 9.17) is 23.7 Å². The normalized spacial score (nSPS) is 19.5. The van der Waals surface area contributed by atoms with E-state index in [1.807, 2.05) is 91.0 Å². The van der Waals surface area contributed by atoms with Crippen molar-refractivity contribution in [1.82, 2.24) is 15.0 Å². The van der Waals surface area contributed by atoms with Crippen LogP contribution in [0.25, 0.3) is 11.3 Å². The lowest BCUT2D eigenvalue weighted by Crippen LogP contribution is -2.52. The Morgan fingerprint density at radius 1 is 0.824 bits per heavy atom. The van der Waals surface area contributed by atoms with Crippen LogP contribution in [0.5, 0.6) is 0 Å². The summed E-state index contributed by atoms with van der Waals surface area (Å²) in [7, 11) is 0. The zero-order valence-electron chi connectivity index (χ0n) is 27.7. The Kier molecular flexibility index (Phi) is 11.9. The predicted molar refractivity (Wildman–Crippen MR) is 180 cm³/mol. The first kappa shape index (κ1) is 35.5. The van der Waals surface area contributed by atoms with Gasteiger partial charge in [-0.2, -0.15) is 0 Å². The highest BCUT2D eigenvalue weighted by Crippen LogP contribution is 2.38. The number of halogens is 3. The molecule has 1 saturated heterocycles. The van der Waals surface area contributed by atoms with Gasteiger partial charge in [-0.3, -0.25) is 4.79 Å². The van der Waals surface area contributed by atoms with E-state index in [9.17, 15) is 18.0 Å². The Labute approximate surface area is 293 Å². The topological polar surface area (TPSA) is 93.9 Å². The van der Waals surface area contributed by atoms with E-state index in [0.717, 1.165) is 28.8 Å². The van der Waals surface area contributed by atoms with Gasteiger partial charge in [-0.1, -0.05) is 96.2 Å². The Hall–Kier alpha value is -5.30. The van der Waals surface area contributed by atoms with Crippen molar-refractivity contribution < 1.29 is 41.7 Å². The van der Waals surface area contributed by atoms with Crippen LogP contribution >= 0.6 is 0 Å². The third-order valence-electron chi connectivity index (χ3n) is 8.20. The fourth-order valence-electron chi connectivity index (χ4n) is 5.73. The molecule has 1 aromatic heterocycles. The number of carbonyl (C=O) groups is 1. The summed E-state index contributed by atoms with van der Waals surface area (Å²) in [4.78, 5) is 11.7. The minimum Gasteiger partial charge on any atom is -0.487 e. The minimum atomic E-state index is -1.58. The molecule has 0 N–H and O–H groups in total. The van der Waals surface area contributed by atoms with Gasteiger partial charge in [-0.15, -0.1) is 5.10 Å². The minimum absolute atomic E-state index is 0.0124. The summed E-state index contributed by atoms with van der Waals surface area (Å²) in [6.45, 7) is 1.93. The van der Waals surface area contributed by atoms with E-state index in [-0.39, 0.29) is 37.7 Å². The van der Waals surface area contributed by atoms with Gasteiger partial charge in [-0.05, 0) is 34.9 Å². The van der Waals surface area contributed by atoms with Crippen molar-refractivity contribution in [3.8, 4) is 11.3 Å². The Balaban J connectivity index is 1.41. The number of benzene rings is 4. The molecule has 5 aromatic rings. The molecule has 0 saturated carbocycles. The molecule has 264 valence electrons. The van der Waals surface area contributed by atoms with E-state index < -0.39 is 47.8 Å². The third kappa shape index (κ3) is 9.28. The van der Waals surface area contributed by atoms with Gasteiger partial charge in [0.25, 0.3) is 0 Å². The van der Waals surface area contributed by atoms with Gasteiger partial charge in [0.1, 0.15) is 42.4 Å². The summed E-state index contributed by atoms with van der Waals surface area (Å²) in [6.07, 6.45) is 0.693. The van der Waals surface area contributed by atoms with Crippen LogP contribution in [0.2, 0.25) is 0 Å². The van der Waals surface area contributed by atoms with Gasteiger partial charge >= 0.3 is 5.97 Å². The number of aromatic nitrogens is 3. The fourth-order valence-corrected chi connectivity index (χ4v) is 5.73. The van der Waals surface area contributed by atoms with Crippen molar-refractivity contribution in [2.45, 2.75) is 51.1 Å². The molecule has 1 fully saturated rings. The molecule has 9 nitrogen and oxygen atoms in total. The maximum absolute atomic E-state index is 14.3. The second kappa shape index (κ2) is 17.1. The molecule has 0 bridgehead atoms. The van der Waals surface area contributed by atoms with Crippen LogP contribution in [0.3, 0.4) is 0 Å². The van der Waals surface area contributed by atoms with E-state index in [1.54, 1.807) is 6.08 Å². The van der Waals surface area contributed by atoms with Gasteiger partial charge in [-0.25, -0.2) is 17.9 Å². The van der Waals surface area contributed by atoms with Crippen LogP contribution < -0.4 is 0 Å². The predicted octanol–water partition coefficient (Wildman–Crippen LogP) is 7.14. The molecule has 1 aliphatic rings. The molecule has 4 atom stereocenters. The Morgan fingerprint density at radius 3 is 1.98 bits per heavy atom. The summed E-state index contributed by atoms with van der Waals surface area (Å²) in [5.74, 6) is -4.44. The maximum atomic E-state index is 14.3. The van der Waals surface area contributed by atoms with Crippen molar-refractivity contribution in [1.29, 1.82) is 0 Å². The average molecular weight is 700 g/mol. The lowest BCUT2D eigenvalue weighted by Gasteiger charge is -2.43. The van der Waals surface area contributed by atoms with Crippen molar-refractivity contribution in [3.63, 3.8) is 0 Å². The number of hydrogen-bond acceptors (Lipinski definition) is 8. The Bertz CT molecular complexity index is 1890. The van der Waals surface area contributed by atoms with Gasteiger partial charge in [0.15, 0.2) is 17.5 Å². The summed E-state index contributed by atoms with van der Waals surface area (Å²) < 4.78 is 75.1. The molecule has 12 heteroatoms. The van der Waals surface area contributed by atoms with Crippen molar-refractivity contribution in [2.24, 2.45) is 0 Å². The molecule has 6 rings (SSSR count). The first-order valence-corrected chi connectivity index (χ1v) is 16.3. The number of rotatable bonds is 14. The van der Waals surface area contributed by atoms with Crippen molar-refractivity contribution >= 4 is 5.97 Å². The molecule has 1 aliphatic heterocycles. The lowest BCUT2D eigenvalue weighted by molar-refractivity contribution is -0.180. The second-order valence-corrected chi connectivity index (χ2v) is 11.9. The van der Waals surface area contributed by atoms with Crippen LogP contribution in [0.1, 0.15) is 29.7 Å². The van der Waals surface area contributed by atoms with E-state index in [0.29, 0.717) is 12.4 Å².